The van der Waals surface area contributed by atoms with Crippen molar-refractivity contribution in [3.05, 3.63) is 0 Å². The van der Waals surface area contributed by atoms with Gasteiger partial charge in [0.25, 0.3) is 0 Å². The number of rotatable bonds is 7. The highest BCUT2D eigenvalue weighted by Gasteiger charge is 2.27. The zero-order valence-corrected chi connectivity index (χ0v) is 12.4. The van der Waals surface area contributed by atoms with Crippen molar-refractivity contribution in [3.63, 3.8) is 0 Å². The standard InChI is InChI=1S/C13H24N2O5/c1-8(5-6-14)11(17)15-9(12(18)19)7-10(16)20-13(2,3)4/h8-9H,5-7,14H2,1-4H3,(H,15,17)(H,18,19)/t8?,9-/m0/s1. The zero-order chi connectivity index (χ0) is 15.9. The van der Waals surface area contributed by atoms with Gasteiger partial charge in [-0.15, -0.1) is 0 Å². The number of nitrogens with one attached hydrogen (secondary N) is 1. The van der Waals surface area contributed by atoms with E-state index in [9.17, 15) is 14.4 Å². The summed E-state index contributed by atoms with van der Waals surface area (Å²) >= 11 is 0. The quantitative estimate of drug-likeness (QED) is 0.579. The lowest BCUT2D eigenvalue weighted by Crippen LogP contribution is -2.45. The van der Waals surface area contributed by atoms with Gasteiger partial charge in [-0.2, -0.15) is 0 Å². The minimum atomic E-state index is -1.29. The van der Waals surface area contributed by atoms with Gasteiger partial charge in [0, 0.05) is 5.92 Å². The van der Waals surface area contributed by atoms with E-state index in [-0.39, 0.29) is 0 Å². The second-order valence-electron chi connectivity index (χ2n) is 5.67. The molecule has 0 aliphatic heterocycles. The molecule has 20 heavy (non-hydrogen) atoms. The van der Waals surface area contributed by atoms with Gasteiger partial charge in [-0.05, 0) is 33.7 Å². The maximum Gasteiger partial charge on any atom is 0.326 e. The zero-order valence-electron chi connectivity index (χ0n) is 12.4. The maximum atomic E-state index is 11.7. The lowest BCUT2D eigenvalue weighted by atomic mass is 10.1. The van der Waals surface area contributed by atoms with Crippen LogP contribution in [0.4, 0.5) is 0 Å². The number of carboxylic acid groups (broad SMARTS) is 1. The molecule has 2 atom stereocenters. The van der Waals surface area contributed by atoms with Crippen molar-refractivity contribution in [1.29, 1.82) is 0 Å². The summed E-state index contributed by atoms with van der Waals surface area (Å²) in [4.78, 5) is 34.4. The fourth-order valence-electron chi connectivity index (χ4n) is 1.44. The van der Waals surface area contributed by atoms with E-state index in [1.165, 1.54) is 0 Å². The van der Waals surface area contributed by atoms with E-state index in [2.05, 4.69) is 5.32 Å². The van der Waals surface area contributed by atoms with Gasteiger partial charge in [0.2, 0.25) is 5.91 Å². The van der Waals surface area contributed by atoms with Crippen LogP contribution in [-0.2, 0) is 19.1 Å². The van der Waals surface area contributed by atoms with Crippen LogP contribution in [0.15, 0.2) is 0 Å². The Morgan fingerprint density at radius 2 is 1.85 bits per heavy atom. The number of nitrogens with two attached hydrogens (primary N) is 1. The molecule has 0 aliphatic carbocycles. The summed E-state index contributed by atoms with van der Waals surface area (Å²) < 4.78 is 5.03. The van der Waals surface area contributed by atoms with E-state index < -0.39 is 41.8 Å². The van der Waals surface area contributed by atoms with Gasteiger partial charge in [-0.25, -0.2) is 4.79 Å². The highest BCUT2D eigenvalue weighted by molar-refractivity contribution is 5.88. The first-order valence-corrected chi connectivity index (χ1v) is 6.52. The Bertz CT molecular complexity index is 362. The predicted octanol–water partition coefficient (Wildman–Crippen LogP) is 0.273. The van der Waals surface area contributed by atoms with Gasteiger partial charge in [0.15, 0.2) is 0 Å². The molecule has 0 aromatic rings. The monoisotopic (exact) mass is 288 g/mol. The third-order valence-corrected chi connectivity index (χ3v) is 2.45. The van der Waals surface area contributed by atoms with E-state index in [4.69, 9.17) is 15.6 Å². The lowest BCUT2D eigenvalue weighted by Gasteiger charge is -2.22. The summed E-state index contributed by atoms with van der Waals surface area (Å²) in [6.07, 6.45) is 0.0400. The van der Waals surface area contributed by atoms with Gasteiger partial charge in [-0.1, -0.05) is 6.92 Å². The number of carbonyl (C=O) groups is 3. The van der Waals surface area contributed by atoms with Crippen LogP contribution < -0.4 is 11.1 Å². The Morgan fingerprint density at radius 3 is 2.25 bits per heavy atom. The normalized spacial score (nSPS) is 14.2. The molecular formula is C13H24N2O5. The molecular weight excluding hydrogens is 264 g/mol. The predicted molar refractivity (Wildman–Crippen MR) is 72.9 cm³/mol. The molecule has 0 aromatic carbocycles. The number of ether oxygens (including phenoxy) is 1. The summed E-state index contributed by atoms with van der Waals surface area (Å²) in [5.41, 5.74) is 4.64. The molecule has 0 radical (unpaired) electrons. The summed E-state index contributed by atoms with van der Waals surface area (Å²) in [5.74, 6) is -2.78. The molecule has 0 saturated carbocycles. The average Bonchev–Trinajstić information content (AvgIpc) is 2.25. The third kappa shape index (κ3) is 7.73. The van der Waals surface area contributed by atoms with Crippen molar-refractivity contribution in [2.24, 2.45) is 11.7 Å². The molecule has 0 bridgehead atoms. The number of esters is 1. The molecule has 1 amide bonds. The van der Waals surface area contributed by atoms with E-state index in [0.29, 0.717) is 13.0 Å². The maximum absolute atomic E-state index is 11.7. The van der Waals surface area contributed by atoms with Crippen molar-refractivity contribution >= 4 is 17.8 Å². The summed E-state index contributed by atoms with van der Waals surface area (Å²) in [7, 11) is 0. The average molecular weight is 288 g/mol. The number of amides is 1. The van der Waals surface area contributed by atoms with Crippen LogP contribution in [0.1, 0.15) is 40.5 Å². The molecule has 0 rings (SSSR count). The molecule has 0 saturated heterocycles. The van der Waals surface area contributed by atoms with Gasteiger partial charge < -0.3 is 20.9 Å². The van der Waals surface area contributed by atoms with Crippen LogP contribution >= 0.6 is 0 Å². The Morgan fingerprint density at radius 1 is 1.30 bits per heavy atom. The van der Waals surface area contributed by atoms with Crippen molar-refractivity contribution in [2.45, 2.75) is 52.2 Å². The van der Waals surface area contributed by atoms with E-state index in [1.807, 2.05) is 0 Å². The topological polar surface area (TPSA) is 119 Å². The van der Waals surface area contributed by atoms with Gasteiger partial charge in [0.05, 0.1) is 6.42 Å². The van der Waals surface area contributed by atoms with Crippen LogP contribution in [0.3, 0.4) is 0 Å². The fourth-order valence-corrected chi connectivity index (χ4v) is 1.44. The molecule has 0 aromatic heterocycles. The van der Waals surface area contributed by atoms with Crippen LogP contribution in [0, 0.1) is 5.92 Å². The van der Waals surface area contributed by atoms with Crippen molar-refractivity contribution in [1.82, 2.24) is 5.32 Å². The van der Waals surface area contributed by atoms with Gasteiger partial charge >= 0.3 is 11.9 Å². The highest BCUT2D eigenvalue weighted by atomic mass is 16.6. The fraction of sp³-hybridized carbons (Fsp3) is 0.769. The van der Waals surface area contributed by atoms with E-state index in [0.717, 1.165) is 0 Å². The first kappa shape index (κ1) is 18.4. The second kappa shape index (κ2) is 7.84. The third-order valence-electron chi connectivity index (χ3n) is 2.45. The first-order valence-electron chi connectivity index (χ1n) is 6.52. The van der Waals surface area contributed by atoms with Gasteiger partial charge in [0.1, 0.15) is 11.6 Å². The Kier molecular flexibility index (Phi) is 7.20. The molecule has 7 heteroatoms. The summed E-state index contributed by atoms with van der Waals surface area (Å²) in [5, 5.41) is 11.4. The number of carbonyl (C=O) groups excluding carboxylic acids is 2. The molecule has 7 nitrogen and oxygen atoms in total. The lowest BCUT2D eigenvalue weighted by molar-refractivity contribution is -0.158. The Balaban J connectivity index is 4.56. The largest absolute Gasteiger partial charge is 0.480 e. The minimum absolute atomic E-state index is 0.332. The smallest absolute Gasteiger partial charge is 0.326 e. The Hall–Kier alpha value is -1.63. The number of carboxylic acids is 1. The molecule has 4 N–H and O–H groups in total. The second-order valence-corrected chi connectivity index (χ2v) is 5.67. The van der Waals surface area contributed by atoms with Crippen LogP contribution in [0.25, 0.3) is 0 Å². The highest BCUT2D eigenvalue weighted by Crippen LogP contribution is 2.10. The van der Waals surface area contributed by atoms with Crippen molar-refractivity contribution in [3.8, 4) is 0 Å². The van der Waals surface area contributed by atoms with Crippen molar-refractivity contribution in [2.75, 3.05) is 6.54 Å². The summed E-state index contributed by atoms with van der Waals surface area (Å²) in [6.45, 7) is 7.03. The van der Waals surface area contributed by atoms with Crippen LogP contribution in [0.5, 0.6) is 0 Å². The van der Waals surface area contributed by atoms with E-state index >= 15 is 0 Å². The minimum Gasteiger partial charge on any atom is -0.480 e. The molecule has 1 unspecified atom stereocenters. The SMILES string of the molecule is CC(CCN)C(=O)N[C@@H](CC(=O)OC(C)(C)C)C(=O)O. The number of hydrogen-bond acceptors (Lipinski definition) is 5. The number of aliphatic carboxylic acids is 1. The van der Waals surface area contributed by atoms with Crippen LogP contribution in [0.2, 0.25) is 0 Å². The molecule has 0 heterocycles. The van der Waals surface area contributed by atoms with Crippen LogP contribution in [-0.4, -0.2) is 41.1 Å². The van der Waals surface area contributed by atoms with Crippen molar-refractivity contribution < 1.29 is 24.2 Å². The summed E-state index contributed by atoms with van der Waals surface area (Å²) in [6, 6.07) is -1.29. The molecule has 0 spiro atoms. The van der Waals surface area contributed by atoms with Gasteiger partial charge in [-0.3, -0.25) is 9.59 Å². The first-order chi connectivity index (χ1) is 9.06. The molecule has 116 valence electrons. The molecule has 0 fully saturated rings. The Labute approximate surface area is 118 Å². The number of hydrogen-bond donors (Lipinski definition) is 3. The van der Waals surface area contributed by atoms with E-state index in [1.54, 1.807) is 27.7 Å². The molecule has 0 aliphatic rings.